The highest BCUT2D eigenvalue weighted by Gasteiger charge is 2.51. The zero-order valence-electron chi connectivity index (χ0n) is 43.4. The van der Waals surface area contributed by atoms with E-state index >= 15 is 0 Å². The molecule has 390 valence electrons. The number of nitrogens with zero attached hydrogens (tertiary/aromatic N) is 4. The number of esters is 2. The predicted molar refractivity (Wildman–Crippen MR) is 265 cm³/mol. The van der Waals surface area contributed by atoms with Crippen LogP contribution in [0.5, 0.6) is 17.2 Å². The molecule has 6 rings (SSSR count). The number of anilines is 1. The first kappa shape index (κ1) is 54.9. The average molecular weight is 990 g/mol. The highest BCUT2D eigenvalue weighted by atomic mass is 16.7. The number of allylic oxidation sites excluding steroid dienone is 2. The first-order valence-electron chi connectivity index (χ1n) is 24.8. The molecule has 5 N–H and O–H groups in total. The minimum atomic E-state index is -2.01. The number of hydrogen-bond donors (Lipinski definition) is 5. The Morgan fingerprint density at radius 1 is 0.944 bits per heavy atom. The Labute approximate surface area is 416 Å². The Kier molecular flexibility index (Phi) is 17.5. The standard InChI is InChI=1S/C53H75N5O13/c1-28(2)27-58-23-20-53(21-24-58)55-41-38-39-46(63)34(8)49-40(38)50(65)52(9,71-49)69-26-19-35(67-12)31(5)48(70-37(60)18-17-36(59)68-25-14-22-57(10)11)33(7)45(62)32(6)44(61)29(3)15-13-16-30(4)51(66)54-43(47(39)64)42(41)56-53/h13,15-16,19,26,28-29,31-33,35,44-45,48,55,61-64H,14,17-18,20-25,27H2,1-12H3/b15-13+,26-19+,30-16-,54-43?/t29-,31+,32+,33+,35-,44-,45+,48+,52-/m0/s1. The number of aliphatic hydroxyl groups excluding tert-OH is 2. The molecule has 0 saturated carbocycles. The van der Waals surface area contributed by atoms with E-state index in [2.05, 4.69) is 29.1 Å². The Morgan fingerprint density at radius 3 is 2.27 bits per heavy atom. The Balaban J connectivity index is 1.43. The van der Waals surface area contributed by atoms with Crippen LogP contribution in [0, 0.1) is 36.5 Å². The molecule has 1 spiro atoms. The molecule has 0 radical (unpaired) electrons. The van der Waals surface area contributed by atoms with Crippen LogP contribution in [-0.2, 0) is 33.3 Å². The number of fused-ring (bicyclic) bond motifs is 1. The molecular weight excluding hydrogens is 915 g/mol. The van der Waals surface area contributed by atoms with Crippen LogP contribution >= 0.6 is 0 Å². The summed E-state index contributed by atoms with van der Waals surface area (Å²) in [5.74, 6) is -7.88. The maximum atomic E-state index is 14.9. The Bertz CT molecular complexity index is 2570. The number of amides is 1. The maximum Gasteiger partial charge on any atom is 0.312 e. The largest absolute Gasteiger partial charge is 0.507 e. The van der Waals surface area contributed by atoms with Crippen molar-refractivity contribution in [1.29, 1.82) is 0 Å². The number of rotatable bonds is 11. The third-order valence-electron chi connectivity index (χ3n) is 14.4. The lowest BCUT2D eigenvalue weighted by atomic mass is 9.78. The van der Waals surface area contributed by atoms with Crippen LogP contribution < -0.4 is 20.8 Å². The van der Waals surface area contributed by atoms with E-state index < -0.39 is 94.7 Å². The van der Waals surface area contributed by atoms with Gasteiger partial charge in [0.05, 0.1) is 60.7 Å². The number of ether oxygens (including phenoxy) is 5. The number of aliphatic hydroxyl groups is 2. The van der Waals surface area contributed by atoms with E-state index in [1.54, 1.807) is 53.7 Å². The normalized spacial score (nSPS) is 29.7. The molecule has 71 heavy (non-hydrogen) atoms. The lowest BCUT2D eigenvalue weighted by molar-refractivity contribution is -0.165. The van der Waals surface area contributed by atoms with Crippen molar-refractivity contribution < 1.29 is 63.3 Å². The third kappa shape index (κ3) is 11.8. The lowest BCUT2D eigenvalue weighted by Crippen LogP contribution is -2.47. The molecule has 0 aliphatic carbocycles. The van der Waals surface area contributed by atoms with Crippen LogP contribution in [-0.4, -0.2) is 144 Å². The number of carbonyl (C=O) groups is 4. The van der Waals surface area contributed by atoms with Crippen LogP contribution in [0.4, 0.5) is 5.69 Å². The van der Waals surface area contributed by atoms with Gasteiger partial charge in [-0.3, -0.25) is 24.2 Å². The van der Waals surface area contributed by atoms with Crippen LogP contribution in [0.3, 0.4) is 0 Å². The van der Waals surface area contributed by atoms with Crippen LogP contribution in [0.1, 0.15) is 103 Å². The zero-order valence-corrected chi connectivity index (χ0v) is 43.4. The number of phenols is 2. The molecular formula is C53H75N5O13. The molecule has 4 aliphatic rings. The van der Waals surface area contributed by atoms with E-state index in [0.717, 1.165) is 13.1 Å². The summed E-state index contributed by atoms with van der Waals surface area (Å²) in [6.45, 7) is 19.0. The van der Waals surface area contributed by atoms with Gasteiger partial charge < -0.3 is 59.2 Å². The molecule has 2 aromatic rings. The fourth-order valence-electron chi connectivity index (χ4n) is 10.1. The summed E-state index contributed by atoms with van der Waals surface area (Å²) in [5.41, 5.74) is -0.240. The van der Waals surface area contributed by atoms with Crippen molar-refractivity contribution in [3.63, 3.8) is 0 Å². The summed E-state index contributed by atoms with van der Waals surface area (Å²) in [6.07, 6.45) is 4.59. The number of hydrogen-bond acceptors (Lipinski definition) is 17. The highest BCUT2D eigenvalue weighted by Crippen LogP contribution is 2.51. The van der Waals surface area contributed by atoms with Crippen LogP contribution in [0.15, 0.2) is 46.1 Å². The summed E-state index contributed by atoms with van der Waals surface area (Å²) in [5, 5.41) is 51.2. The van der Waals surface area contributed by atoms with Crippen LogP contribution in [0.2, 0.25) is 0 Å². The summed E-state index contributed by atoms with van der Waals surface area (Å²) in [6, 6.07) is 0. The van der Waals surface area contributed by atoms with E-state index in [9.17, 15) is 39.6 Å². The number of piperidine rings is 1. The molecule has 0 unspecified atom stereocenters. The van der Waals surface area contributed by atoms with Gasteiger partial charge in [-0.15, -0.1) is 0 Å². The quantitative estimate of drug-likeness (QED) is 0.113. The second-order valence-electron chi connectivity index (χ2n) is 20.7. The fourth-order valence-corrected chi connectivity index (χ4v) is 10.1. The second kappa shape index (κ2) is 22.6. The highest BCUT2D eigenvalue weighted by molar-refractivity contribution is 6.21. The van der Waals surface area contributed by atoms with E-state index in [0.29, 0.717) is 44.0 Å². The molecule has 18 heteroatoms. The Morgan fingerprint density at radius 2 is 1.62 bits per heavy atom. The minimum absolute atomic E-state index is 0.0256. The van der Waals surface area contributed by atoms with Gasteiger partial charge in [-0.1, -0.05) is 59.8 Å². The Hall–Kier alpha value is -5.40. The molecule has 1 fully saturated rings. The number of likely N-dealkylation sites (tertiary alicyclic amines) is 1. The molecule has 1 amide bonds. The molecule has 0 aromatic heterocycles. The van der Waals surface area contributed by atoms with Gasteiger partial charge in [0.25, 0.3) is 11.7 Å². The molecule has 4 heterocycles. The number of ketones is 1. The summed E-state index contributed by atoms with van der Waals surface area (Å²) in [7, 11) is 5.27. The number of phenolic OH excluding ortho intramolecular Hbond substituents is 2. The van der Waals surface area contributed by atoms with Crippen molar-refractivity contribution in [3.8, 4) is 17.2 Å². The van der Waals surface area contributed by atoms with Gasteiger partial charge in [0, 0.05) is 93.2 Å². The van der Waals surface area contributed by atoms with Gasteiger partial charge in [0.15, 0.2) is 5.75 Å². The number of methoxy groups -OCH3 is 1. The van der Waals surface area contributed by atoms with Crippen molar-refractivity contribution in [3.05, 3.63) is 58.0 Å². The number of carbonyl (C=O) groups excluding carboxylic acids is 4. The summed E-state index contributed by atoms with van der Waals surface area (Å²) < 4.78 is 29.8. The summed E-state index contributed by atoms with van der Waals surface area (Å²) in [4.78, 5) is 68.8. The smallest absolute Gasteiger partial charge is 0.312 e. The molecule has 9 atom stereocenters. The topological polar surface area (TPSA) is 239 Å². The summed E-state index contributed by atoms with van der Waals surface area (Å²) >= 11 is 0. The molecule has 18 nitrogen and oxygen atoms in total. The third-order valence-corrected chi connectivity index (χ3v) is 14.4. The molecule has 1 saturated heterocycles. The monoisotopic (exact) mass is 990 g/mol. The average Bonchev–Trinajstić information content (AvgIpc) is 3.82. The molecule has 4 aliphatic heterocycles. The van der Waals surface area contributed by atoms with Crippen LogP contribution in [0.25, 0.3) is 10.8 Å². The predicted octanol–water partition coefficient (Wildman–Crippen LogP) is 5.00. The van der Waals surface area contributed by atoms with E-state index in [1.165, 1.54) is 32.4 Å². The van der Waals surface area contributed by atoms with Gasteiger partial charge in [-0.2, -0.15) is 0 Å². The van der Waals surface area contributed by atoms with Gasteiger partial charge in [0.2, 0.25) is 0 Å². The number of benzene rings is 2. The van der Waals surface area contributed by atoms with Crippen molar-refractivity contribution in [2.75, 3.05) is 59.3 Å². The molecule has 2 aromatic carbocycles. The van der Waals surface area contributed by atoms with Gasteiger partial charge >= 0.3 is 17.7 Å². The molecule has 4 bridgehead atoms. The maximum absolute atomic E-state index is 14.9. The lowest BCUT2D eigenvalue weighted by Gasteiger charge is -2.38. The SMILES string of the molecule is CO[C@H]1/C=C/O[C@@]2(C)Oc3c(C)c(O)c4c(O)c(c5c(c4c3C2=O)NC2(CCN(CC(C)C)CC2)N=5)=NC(=O)/C(C)=C\C=C\[C@H](C)[C@H](O)[C@@H](C)[C@@H](O)[C@@H](C)[C@H](OC(=O)CCC(=O)OCCCN(C)C)[C@@H]1C. The van der Waals surface area contributed by atoms with Gasteiger partial charge in [-0.25, -0.2) is 4.99 Å². The van der Waals surface area contributed by atoms with Crippen molar-refractivity contribution in [1.82, 2.24) is 9.80 Å². The van der Waals surface area contributed by atoms with E-state index in [1.807, 2.05) is 19.0 Å². The van der Waals surface area contributed by atoms with Crippen molar-refractivity contribution >= 4 is 40.1 Å². The number of aromatic hydroxyl groups is 2. The first-order valence-corrected chi connectivity index (χ1v) is 24.8. The van der Waals surface area contributed by atoms with E-state index in [-0.39, 0.29) is 63.4 Å². The number of Topliss-reactive ketones (excluding diaryl/α,β-unsaturated/α-hetero) is 1. The number of nitrogens with one attached hydrogen (secondary N) is 1. The first-order chi connectivity index (χ1) is 33.4. The fraction of sp³-hybridized carbons (Fsp3) is 0.623. The van der Waals surface area contributed by atoms with Crippen molar-refractivity contribution in [2.24, 2.45) is 39.6 Å². The minimum Gasteiger partial charge on any atom is -0.507 e. The zero-order chi connectivity index (χ0) is 52.3. The second-order valence-corrected chi connectivity index (χ2v) is 20.7. The van der Waals surface area contributed by atoms with Gasteiger partial charge in [-0.05, 0) is 46.4 Å². The van der Waals surface area contributed by atoms with Gasteiger partial charge in [0.1, 0.15) is 34.0 Å². The van der Waals surface area contributed by atoms with Crippen molar-refractivity contribution in [2.45, 2.75) is 130 Å². The van der Waals surface area contributed by atoms with E-state index in [4.69, 9.17) is 28.7 Å².